The van der Waals surface area contributed by atoms with Crippen LogP contribution in [0.15, 0.2) is 54.6 Å². The summed E-state index contributed by atoms with van der Waals surface area (Å²) in [6.07, 6.45) is 0. The molecule has 0 unspecified atom stereocenters. The van der Waals surface area contributed by atoms with E-state index in [4.69, 9.17) is 4.84 Å². The van der Waals surface area contributed by atoms with Crippen LogP contribution in [-0.4, -0.2) is 13.0 Å². The Morgan fingerprint density at radius 3 is 2.35 bits per heavy atom. The first-order chi connectivity index (χ1) is 9.79. The molecule has 0 heterocycles. The Labute approximate surface area is 118 Å². The van der Waals surface area contributed by atoms with Crippen LogP contribution in [0.4, 0.5) is 0 Å². The van der Waals surface area contributed by atoms with Gasteiger partial charge in [0.1, 0.15) is 0 Å². The van der Waals surface area contributed by atoms with E-state index < -0.39 is 0 Å². The smallest absolute Gasteiger partial charge is 0.274 e. The lowest BCUT2D eigenvalue weighted by Crippen LogP contribution is -2.23. The molecule has 4 nitrogen and oxygen atoms in total. The van der Waals surface area contributed by atoms with Gasteiger partial charge in [0, 0.05) is 12.1 Å². The van der Waals surface area contributed by atoms with E-state index in [2.05, 4.69) is 10.8 Å². The number of rotatable bonds is 6. The molecule has 0 spiro atoms. The molecular weight excluding hydrogens is 252 g/mol. The van der Waals surface area contributed by atoms with Gasteiger partial charge in [-0.05, 0) is 30.3 Å². The Kier molecular flexibility index (Phi) is 5.29. The molecule has 0 aromatic heterocycles. The summed E-state index contributed by atoms with van der Waals surface area (Å²) < 4.78 is 0. The lowest BCUT2D eigenvalue weighted by molar-refractivity contribution is 0.0233. The van der Waals surface area contributed by atoms with E-state index in [-0.39, 0.29) is 5.91 Å². The van der Waals surface area contributed by atoms with Crippen molar-refractivity contribution in [2.24, 2.45) is 0 Å². The molecule has 2 N–H and O–H groups in total. The molecule has 0 saturated carbocycles. The van der Waals surface area contributed by atoms with E-state index in [0.29, 0.717) is 12.2 Å². The lowest BCUT2D eigenvalue weighted by atomic mass is 10.1. The average Bonchev–Trinajstić information content (AvgIpc) is 2.49. The van der Waals surface area contributed by atoms with Gasteiger partial charge in [0.15, 0.2) is 0 Å². The number of hydrogen-bond acceptors (Lipinski definition) is 3. The Morgan fingerprint density at radius 1 is 1.00 bits per heavy atom. The molecule has 0 aliphatic carbocycles. The molecule has 2 aromatic carbocycles. The fraction of sp³-hybridized carbons (Fsp3) is 0.188. The third-order valence-electron chi connectivity index (χ3n) is 2.84. The van der Waals surface area contributed by atoms with E-state index in [1.807, 2.05) is 49.5 Å². The van der Waals surface area contributed by atoms with Gasteiger partial charge in [-0.1, -0.05) is 42.5 Å². The van der Waals surface area contributed by atoms with Crippen LogP contribution in [0.3, 0.4) is 0 Å². The predicted molar refractivity (Wildman–Crippen MR) is 77.9 cm³/mol. The zero-order valence-corrected chi connectivity index (χ0v) is 11.4. The second-order valence-electron chi connectivity index (χ2n) is 4.43. The summed E-state index contributed by atoms with van der Waals surface area (Å²) in [5.74, 6) is -0.239. The van der Waals surface area contributed by atoms with Crippen molar-refractivity contribution in [3.63, 3.8) is 0 Å². The van der Waals surface area contributed by atoms with Crippen molar-refractivity contribution in [2.45, 2.75) is 13.2 Å². The fourth-order valence-electron chi connectivity index (χ4n) is 1.80. The Balaban J connectivity index is 1.82. The summed E-state index contributed by atoms with van der Waals surface area (Å²) in [7, 11) is 1.89. The number of nitrogens with one attached hydrogen (secondary N) is 2. The molecule has 0 radical (unpaired) electrons. The van der Waals surface area contributed by atoms with Gasteiger partial charge in [-0.25, -0.2) is 5.48 Å². The van der Waals surface area contributed by atoms with Crippen LogP contribution < -0.4 is 10.8 Å². The van der Waals surface area contributed by atoms with Gasteiger partial charge in [-0.2, -0.15) is 0 Å². The van der Waals surface area contributed by atoms with Gasteiger partial charge >= 0.3 is 0 Å². The molecule has 104 valence electrons. The quantitative estimate of drug-likeness (QED) is 0.792. The van der Waals surface area contributed by atoms with Crippen molar-refractivity contribution in [3.05, 3.63) is 71.3 Å². The fourth-order valence-corrected chi connectivity index (χ4v) is 1.80. The van der Waals surface area contributed by atoms with E-state index >= 15 is 0 Å². The number of carbonyl (C=O) groups excluding carboxylic acids is 1. The zero-order valence-electron chi connectivity index (χ0n) is 11.4. The maximum absolute atomic E-state index is 11.9. The van der Waals surface area contributed by atoms with E-state index in [0.717, 1.165) is 17.7 Å². The highest BCUT2D eigenvalue weighted by atomic mass is 16.6. The molecule has 0 atom stereocenters. The first kappa shape index (κ1) is 14.2. The van der Waals surface area contributed by atoms with Crippen molar-refractivity contribution in [3.8, 4) is 0 Å². The normalized spacial score (nSPS) is 10.2. The SMILES string of the molecule is CNCc1ccc(C(=O)NOCc2ccccc2)cc1. The second-order valence-corrected chi connectivity index (χ2v) is 4.43. The minimum absolute atomic E-state index is 0.239. The largest absolute Gasteiger partial charge is 0.316 e. The van der Waals surface area contributed by atoms with Crippen molar-refractivity contribution < 1.29 is 9.63 Å². The summed E-state index contributed by atoms with van der Waals surface area (Å²) in [4.78, 5) is 17.1. The highest BCUT2D eigenvalue weighted by Crippen LogP contribution is 2.05. The summed E-state index contributed by atoms with van der Waals surface area (Å²) in [5.41, 5.74) is 5.17. The van der Waals surface area contributed by atoms with Crippen LogP contribution in [0.1, 0.15) is 21.5 Å². The standard InChI is InChI=1S/C16H18N2O2/c1-17-11-13-7-9-15(10-8-13)16(19)18-20-12-14-5-3-2-4-6-14/h2-10,17H,11-12H2,1H3,(H,18,19). The van der Waals surface area contributed by atoms with Crippen molar-refractivity contribution >= 4 is 5.91 Å². The monoisotopic (exact) mass is 270 g/mol. The molecule has 20 heavy (non-hydrogen) atoms. The summed E-state index contributed by atoms with van der Waals surface area (Å²) >= 11 is 0. The van der Waals surface area contributed by atoms with Crippen LogP contribution in [0.2, 0.25) is 0 Å². The van der Waals surface area contributed by atoms with Crippen LogP contribution in [0.5, 0.6) is 0 Å². The van der Waals surface area contributed by atoms with Crippen LogP contribution >= 0.6 is 0 Å². The highest BCUT2D eigenvalue weighted by Gasteiger charge is 2.05. The number of hydrogen-bond donors (Lipinski definition) is 2. The molecular formula is C16H18N2O2. The Morgan fingerprint density at radius 2 is 1.70 bits per heavy atom. The minimum Gasteiger partial charge on any atom is -0.316 e. The summed E-state index contributed by atoms with van der Waals surface area (Å²) in [5, 5.41) is 3.06. The van der Waals surface area contributed by atoms with E-state index in [1.54, 1.807) is 12.1 Å². The van der Waals surface area contributed by atoms with Gasteiger partial charge in [0.2, 0.25) is 0 Å². The zero-order chi connectivity index (χ0) is 14.2. The number of carbonyl (C=O) groups is 1. The minimum atomic E-state index is -0.239. The van der Waals surface area contributed by atoms with Crippen LogP contribution in [0.25, 0.3) is 0 Å². The molecule has 0 aliphatic rings. The van der Waals surface area contributed by atoms with Crippen LogP contribution in [0, 0.1) is 0 Å². The number of amides is 1. The van der Waals surface area contributed by atoms with Crippen molar-refractivity contribution in [1.29, 1.82) is 0 Å². The lowest BCUT2D eigenvalue weighted by Gasteiger charge is -2.07. The average molecular weight is 270 g/mol. The second kappa shape index (κ2) is 7.43. The number of hydroxylamine groups is 1. The third-order valence-corrected chi connectivity index (χ3v) is 2.84. The number of benzene rings is 2. The van der Waals surface area contributed by atoms with Gasteiger partial charge in [0.05, 0.1) is 6.61 Å². The van der Waals surface area contributed by atoms with E-state index in [1.165, 1.54) is 0 Å². The maximum Gasteiger partial charge on any atom is 0.274 e. The predicted octanol–water partition coefficient (Wildman–Crippen LogP) is 2.27. The summed E-state index contributed by atoms with van der Waals surface area (Å²) in [6.45, 7) is 1.14. The maximum atomic E-state index is 11.9. The third kappa shape index (κ3) is 4.19. The Hall–Kier alpha value is -2.17. The molecule has 0 saturated heterocycles. The van der Waals surface area contributed by atoms with Crippen molar-refractivity contribution in [2.75, 3.05) is 7.05 Å². The molecule has 4 heteroatoms. The molecule has 0 fully saturated rings. The van der Waals surface area contributed by atoms with E-state index in [9.17, 15) is 4.79 Å². The molecule has 0 aliphatic heterocycles. The van der Waals surface area contributed by atoms with Crippen molar-refractivity contribution in [1.82, 2.24) is 10.8 Å². The van der Waals surface area contributed by atoms with Gasteiger partial charge in [-0.3, -0.25) is 9.63 Å². The van der Waals surface area contributed by atoms with Gasteiger partial charge < -0.3 is 5.32 Å². The van der Waals surface area contributed by atoms with Gasteiger partial charge in [-0.15, -0.1) is 0 Å². The first-order valence-corrected chi connectivity index (χ1v) is 6.49. The topological polar surface area (TPSA) is 50.4 Å². The molecule has 2 rings (SSSR count). The highest BCUT2D eigenvalue weighted by molar-refractivity contribution is 5.93. The molecule has 0 bridgehead atoms. The van der Waals surface area contributed by atoms with Crippen LogP contribution in [-0.2, 0) is 18.0 Å². The first-order valence-electron chi connectivity index (χ1n) is 6.49. The molecule has 1 amide bonds. The molecule has 2 aromatic rings. The van der Waals surface area contributed by atoms with Gasteiger partial charge in [0.25, 0.3) is 5.91 Å². The summed E-state index contributed by atoms with van der Waals surface area (Å²) in [6, 6.07) is 17.1. The Bertz CT molecular complexity index is 538.